The molecular formula is C11H17N3O2. The summed E-state index contributed by atoms with van der Waals surface area (Å²) in [6, 6.07) is 0. The Labute approximate surface area is 94.8 Å². The zero-order valence-electron chi connectivity index (χ0n) is 9.83. The second-order valence-corrected chi connectivity index (χ2v) is 4.92. The lowest BCUT2D eigenvalue weighted by atomic mass is 9.77. The fraction of sp³-hybridized carbons (Fsp3) is 0.545. The van der Waals surface area contributed by atoms with Crippen molar-refractivity contribution >= 4 is 17.5 Å². The van der Waals surface area contributed by atoms with E-state index in [0.717, 1.165) is 18.6 Å². The van der Waals surface area contributed by atoms with Gasteiger partial charge in [-0.05, 0) is 31.3 Å². The molecule has 0 saturated heterocycles. The number of nitrogens with one attached hydrogen (secondary N) is 1. The number of amides is 2. The van der Waals surface area contributed by atoms with Gasteiger partial charge in [0.15, 0.2) is 0 Å². The number of hydrazone groups is 1. The van der Waals surface area contributed by atoms with E-state index in [-0.39, 0.29) is 5.41 Å². The summed E-state index contributed by atoms with van der Waals surface area (Å²) in [4.78, 5) is 21.4. The highest BCUT2D eigenvalue weighted by Gasteiger charge is 2.24. The van der Waals surface area contributed by atoms with Crippen LogP contribution >= 0.6 is 0 Å². The van der Waals surface area contributed by atoms with E-state index >= 15 is 0 Å². The Morgan fingerprint density at radius 2 is 2.06 bits per heavy atom. The van der Waals surface area contributed by atoms with Gasteiger partial charge >= 0.3 is 11.8 Å². The Kier molecular flexibility index (Phi) is 3.47. The molecule has 2 amide bonds. The Morgan fingerprint density at radius 1 is 1.44 bits per heavy atom. The molecule has 1 aliphatic rings. The average Bonchev–Trinajstić information content (AvgIpc) is 2.10. The number of hydrogen-bond donors (Lipinski definition) is 2. The molecule has 0 spiro atoms. The predicted molar refractivity (Wildman–Crippen MR) is 61.5 cm³/mol. The average molecular weight is 223 g/mol. The first-order chi connectivity index (χ1) is 7.30. The molecule has 0 aromatic rings. The van der Waals surface area contributed by atoms with E-state index in [9.17, 15) is 9.59 Å². The predicted octanol–water partition coefficient (Wildman–Crippen LogP) is 0.710. The van der Waals surface area contributed by atoms with Gasteiger partial charge in [-0.1, -0.05) is 19.4 Å². The molecule has 1 aliphatic carbocycles. The van der Waals surface area contributed by atoms with Gasteiger partial charge in [0, 0.05) is 0 Å². The van der Waals surface area contributed by atoms with E-state index in [2.05, 4.69) is 24.4 Å². The van der Waals surface area contributed by atoms with Crippen molar-refractivity contribution < 1.29 is 9.59 Å². The topological polar surface area (TPSA) is 84.6 Å². The number of carbonyl (C=O) groups excluding carboxylic acids is 2. The molecule has 5 nitrogen and oxygen atoms in total. The van der Waals surface area contributed by atoms with Crippen LogP contribution in [0.4, 0.5) is 0 Å². The highest BCUT2D eigenvalue weighted by molar-refractivity contribution is 6.34. The molecule has 0 radical (unpaired) electrons. The van der Waals surface area contributed by atoms with Crippen molar-refractivity contribution in [2.24, 2.45) is 16.3 Å². The number of nitrogens with two attached hydrogens (primary N) is 1. The molecule has 0 atom stereocenters. The molecule has 0 saturated carbocycles. The monoisotopic (exact) mass is 223 g/mol. The molecule has 88 valence electrons. The van der Waals surface area contributed by atoms with Gasteiger partial charge in [0.1, 0.15) is 0 Å². The van der Waals surface area contributed by atoms with Crippen molar-refractivity contribution in [1.29, 1.82) is 0 Å². The van der Waals surface area contributed by atoms with Crippen LogP contribution < -0.4 is 11.2 Å². The van der Waals surface area contributed by atoms with Crippen molar-refractivity contribution in [3.8, 4) is 0 Å². The number of carbonyl (C=O) groups is 2. The maximum atomic E-state index is 10.9. The van der Waals surface area contributed by atoms with Crippen molar-refractivity contribution in [2.45, 2.75) is 33.6 Å². The number of rotatable bonds is 1. The maximum absolute atomic E-state index is 10.9. The molecule has 0 aromatic carbocycles. The quantitative estimate of drug-likeness (QED) is 0.507. The van der Waals surface area contributed by atoms with E-state index in [4.69, 9.17) is 5.73 Å². The lowest BCUT2D eigenvalue weighted by Crippen LogP contribution is -2.34. The number of hydrogen-bond acceptors (Lipinski definition) is 3. The maximum Gasteiger partial charge on any atom is 0.329 e. The molecule has 0 heterocycles. The van der Waals surface area contributed by atoms with Crippen molar-refractivity contribution in [3.63, 3.8) is 0 Å². The van der Waals surface area contributed by atoms with Gasteiger partial charge in [0.25, 0.3) is 0 Å². The highest BCUT2D eigenvalue weighted by atomic mass is 16.2. The number of primary amides is 1. The van der Waals surface area contributed by atoms with Crippen molar-refractivity contribution in [3.05, 3.63) is 11.6 Å². The van der Waals surface area contributed by atoms with Crippen LogP contribution in [0.15, 0.2) is 16.8 Å². The zero-order chi connectivity index (χ0) is 12.3. The second kappa shape index (κ2) is 4.47. The Morgan fingerprint density at radius 3 is 2.56 bits per heavy atom. The van der Waals surface area contributed by atoms with Crippen LogP contribution in [0.5, 0.6) is 0 Å². The largest absolute Gasteiger partial charge is 0.361 e. The number of nitrogens with zero attached hydrogens (tertiary/aromatic N) is 1. The van der Waals surface area contributed by atoms with Gasteiger partial charge in [0.05, 0.1) is 5.71 Å². The summed E-state index contributed by atoms with van der Waals surface area (Å²) in [5.41, 5.74) is 9.05. The lowest BCUT2D eigenvalue weighted by molar-refractivity contribution is -0.137. The van der Waals surface area contributed by atoms with E-state index in [1.54, 1.807) is 0 Å². The summed E-state index contributed by atoms with van der Waals surface area (Å²) < 4.78 is 0. The first-order valence-corrected chi connectivity index (χ1v) is 5.14. The van der Waals surface area contributed by atoms with Crippen LogP contribution in [0.25, 0.3) is 0 Å². The minimum absolute atomic E-state index is 0.134. The number of allylic oxidation sites excluding steroid dienone is 2. The SMILES string of the molecule is CC1=CC(=NNC(=O)C(N)=O)CC(C)(C)C1. The highest BCUT2D eigenvalue weighted by Crippen LogP contribution is 2.33. The van der Waals surface area contributed by atoms with Crippen LogP contribution in [0.2, 0.25) is 0 Å². The third-order valence-electron chi connectivity index (χ3n) is 2.35. The summed E-state index contributed by atoms with van der Waals surface area (Å²) in [7, 11) is 0. The van der Waals surface area contributed by atoms with Crippen LogP contribution in [0.3, 0.4) is 0 Å². The van der Waals surface area contributed by atoms with E-state index in [0.29, 0.717) is 0 Å². The first kappa shape index (κ1) is 12.4. The molecule has 0 bridgehead atoms. The minimum Gasteiger partial charge on any atom is -0.361 e. The molecule has 1 rings (SSSR count). The molecule has 0 unspecified atom stereocenters. The normalized spacial score (nSPS) is 21.4. The van der Waals surface area contributed by atoms with Gasteiger partial charge in [-0.2, -0.15) is 5.10 Å². The smallest absolute Gasteiger partial charge is 0.329 e. The van der Waals surface area contributed by atoms with Crippen LogP contribution in [-0.2, 0) is 9.59 Å². The molecule has 0 aromatic heterocycles. The third kappa shape index (κ3) is 3.49. The lowest BCUT2D eigenvalue weighted by Gasteiger charge is -2.29. The standard InChI is InChI=1S/C11H17N3O2/c1-7-4-8(6-11(2,3)5-7)13-14-10(16)9(12)15/h4H,5-6H2,1-3H3,(H2,12,15)(H,14,16). The Balaban J connectivity index is 2.74. The Bertz CT molecular complexity index is 381. The van der Waals surface area contributed by atoms with E-state index < -0.39 is 11.8 Å². The van der Waals surface area contributed by atoms with E-state index in [1.807, 2.05) is 13.0 Å². The fourth-order valence-corrected chi connectivity index (χ4v) is 1.94. The summed E-state index contributed by atoms with van der Waals surface area (Å²) in [5, 5.41) is 3.89. The van der Waals surface area contributed by atoms with Gasteiger partial charge < -0.3 is 5.73 Å². The van der Waals surface area contributed by atoms with Gasteiger partial charge in [-0.15, -0.1) is 0 Å². The van der Waals surface area contributed by atoms with Crippen LogP contribution in [0, 0.1) is 5.41 Å². The van der Waals surface area contributed by atoms with Gasteiger partial charge in [-0.3, -0.25) is 9.59 Å². The fourth-order valence-electron chi connectivity index (χ4n) is 1.94. The molecular weight excluding hydrogens is 206 g/mol. The van der Waals surface area contributed by atoms with Crippen LogP contribution in [-0.4, -0.2) is 17.5 Å². The summed E-state index contributed by atoms with van der Waals surface area (Å²) in [6.45, 7) is 6.29. The summed E-state index contributed by atoms with van der Waals surface area (Å²) in [5.74, 6) is -1.91. The molecule has 0 fully saturated rings. The van der Waals surface area contributed by atoms with E-state index in [1.165, 1.54) is 5.57 Å². The second-order valence-electron chi connectivity index (χ2n) is 4.92. The molecule has 16 heavy (non-hydrogen) atoms. The molecule has 0 aliphatic heterocycles. The summed E-state index contributed by atoms with van der Waals surface area (Å²) >= 11 is 0. The molecule has 5 heteroatoms. The third-order valence-corrected chi connectivity index (χ3v) is 2.35. The van der Waals surface area contributed by atoms with Crippen LogP contribution in [0.1, 0.15) is 33.6 Å². The van der Waals surface area contributed by atoms with Gasteiger partial charge in [-0.25, -0.2) is 5.43 Å². The minimum atomic E-state index is -1.03. The molecule has 3 N–H and O–H groups in total. The Hall–Kier alpha value is -1.65. The summed E-state index contributed by atoms with van der Waals surface area (Å²) in [6.07, 6.45) is 3.70. The van der Waals surface area contributed by atoms with Crippen molar-refractivity contribution in [2.75, 3.05) is 0 Å². The van der Waals surface area contributed by atoms with Gasteiger partial charge in [0.2, 0.25) is 0 Å². The van der Waals surface area contributed by atoms with Crippen molar-refractivity contribution in [1.82, 2.24) is 5.43 Å². The zero-order valence-corrected chi connectivity index (χ0v) is 9.83. The first-order valence-electron chi connectivity index (χ1n) is 5.14.